The molecule has 1 spiro atoms. The Bertz CT molecular complexity index is 674. The van der Waals surface area contributed by atoms with Crippen LogP contribution in [0, 0.1) is 5.92 Å². The van der Waals surface area contributed by atoms with Gasteiger partial charge in [-0.15, -0.1) is 0 Å². The lowest BCUT2D eigenvalue weighted by Gasteiger charge is -2.39. The number of amides is 2. The van der Waals surface area contributed by atoms with Gasteiger partial charge in [-0.05, 0) is 20.9 Å². The summed E-state index contributed by atoms with van der Waals surface area (Å²) in [4.78, 5) is 29.7. The van der Waals surface area contributed by atoms with Crippen molar-refractivity contribution in [3.05, 3.63) is 0 Å². The third-order valence-corrected chi connectivity index (χ3v) is 7.75. The van der Waals surface area contributed by atoms with Gasteiger partial charge in [0.1, 0.15) is 0 Å². The number of hydrogen-bond donors (Lipinski definition) is 1. The molecule has 0 radical (unpaired) electrons. The summed E-state index contributed by atoms with van der Waals surface area (Å²) >= 11 is 0. The van der Waals surface area contributed by atoms with Gasteiger partial charge < -0.3 is 19.9 Å². The molecule has 10 heteroatoms. The van der Waals surface area contributed by atoms with E-state index in [9.17, 15) is 18.0 Å². The largest absolute Gasteiger partial charge is 0.361 e. The van der Waals surface area contributed by atoms with Gasteiger partial charge in [-0.25, -0.2) is 8.42 Å². The van der Waals surface area contributed by atoms with Gasteiger partial charge in [-0.1, -0.05) is 0 Å². The van der Waals surface area contributed by atoms with Crippen LogP contribution in [0.25, 0.3) is 0 Å². The van der Waals surface area contributed by atoms with Crippen molar-refractivity contribution in [3.63, 3.8) is 0 Å². The van der Waals surface area contributed by atoms with Gasteiger partial charge in [-0.3, -0.25) is 9.59 Å². The van der Waals surface area contributed by atoms with E-state index in [1.165, 1.54) is 4.31 Å². The predicted octanol–water partition coefficient (Wildman–Crippen LogP) is -1.68. The van der Waals surface area contributed by atoms with Crippen molar-refractivity contribution >= 4 is 21.8 Å². The van der Waals surface area contributed by atoms with Gasteiger partial charge in [0.25, 0.3) is 5.91 Å². The van der Waals surface area contributed by atoms with E-state index in [1.807, 2.05) is 7.05 Å². The van der Waals surface area contributed by atoms with Gasteiger partial charge in [0.2, 0.25) is 15.9 Å². The average Bonchev–Trinajstić information content (AvgIpc) is 2.98. The van der Waals surface area contributed by atoms with Crippen LogP contribution in [-0.4, -0.2) is 105 Å². The van der Waals surface area contributed by atoms with Crippen LogP contribution in [0.4, 0.5) is 0 Å². The fraction of sp³-hybridized carbons (Fsp3) is 0.875. The molecule has 3 heterocycles. The van der Waals surface area contributed by atoms with Crippen molar-refractivity contribution < 1.29 is 22.7 Å². The Labute approximate surface area is 154 Å². The fourth-order valence-corrected chi connectivity index (χ4v) is 5.12. The molecule has 0 bridgehead atoms. The minimum Gasteiger partial charge on any atom is -0.361 e. The highest BCUT2D eigenvalue weighted by Gasteiger charge is 2.60. The maximum atomic E-state index is 13.2. The molecular formula is C16H28N4O5S. The first-order valence-corrected chi connectivity index (χ1v) is 10.6. The van der Waals surface area contributed by atoms with Gasteiger partial charge in [0.15, 0.2) is 5.60 Å². The molecule has 0 saturated carbocycles. The first-order chi connectivity index (χ1) is 12.2. The summed E-state index contributed by atoms with van der Waals surface area (Å²) in [7, 11) is -1.59. The number of ether oxygens (including phenoxy) is 1. The van der Waals surface area contributed by atoms with Crippen LogP contribution in [0.15, 0.2) is 0 Å². The minimum atomic E-state index is -3.59. The standard InChI is InChI=1S/C16H28N4O5S/c1-12(2)26(23,24)20-10-13(14(21)19-7-5-18(3)6-8-19)16(11-20)15(22)17-4-9-25-16/h12-13H,4-11H2,1-3H3,(H,17,22)/t13-,16-/m1/s1. The summed E-state index contributed by atoms with van der Waals surface area (Å²) in [5.41, 5.74) is -1.43. The molecule has 3 aliphatic rings. The maximum absolute atomic E-state index is 13.2. The fourth-order valence-electron chi connectivity index (χ4n) is 3.79. The Morgan fingerprint density at radius 2 is 1.92 bits per heavy atom. The molecule has 1 N–H and O–H groups in total. The highest BCUT2D eigenvalue weighted by molar-refractivity contribution is 7.89. The van der Waals surface area contributed by atoms with Gasteiger partial charge in [-0.2, -0.15) is 4.31 Å². The molecule has 3 fully saturated rings. The second-order valence-electron chi connectivity index (χ2n) is 7.56. The summed E-state index contributed by atoms with van der Waals surface area (Å²) in [6, 6.07) is 0. The molecular weight excluding hydrogens is 360 g/mol. The van der Waals surface area contributed by atoms with E-state index in [2.05, 4.69) is 10.2 Å². The van der Waals surface area contributed by atoms with Crippen LogP contribution < -0.4 is 5.32 Å². The van der Waals surface area contributed by atoms with Gasteiger partial charge >= 0.3 is 0 Å². The van der Waals surface area contributed by atoms with Crippen molar-refractivity contribution in [3.8, 4) is 0 Å². The van der Waals surface area contributed by atoms with Crippen molar-refractivity contribution in [1.29, 1.82) is 0 Å². The summed E-state index contributed by atoms with van der Waals surface area (Å²) in [5, 5.41) is 2.12. The van der Waals surface area contributed by atoms with Gasteiger partial charge in [0.05, 0.1) is 24.3 Å². The summed E-state index contributed by atoms with van der Waals surface area (Å²) in [6.07, 6.45) is 0. The Kier molecular flexibility index (Phi) is 5.31. The monoisotopic (exact) mass is 388 g/mol. The van der Waals surface area contributed by atoms with Crippen LogP contribution in [-0.2, 0) is 24.3 Å². The van der Waals surface area contributed by atoms with Crippen molar-refractivity contribution in [1.82, 2.24) is 19.4 Å². The Balaban J connectivity index is 1.90. The van der Waals surface area contributed by atoms with Gasteiger partial charge in [0, 0.05) is 39.3 Å². The molecule has 0 unspecified atom stereocenters. The van der Waals surface area contributed by atoms with Crippen LogP contribution >= 0.6 is 0 Å². The van der Waals surface area contributed by atoms with E-state index in [1.54, 1.807) is 18.7 Å². The molecule has 0 aliphatic carbocycles. The van der Waals surface area contributed by atoms with Crippen molar-refractivity contribution in [2.24, 2.45) is 5.92 Å². The number of rotatable bonds is 3. The summed E-state index contributed by atoms with van der Waals surface area (Å²) in [5.74, 6) is -1.41. The number of piperazine rings is 1. The van der Waals surface area contributed by atoms with E-state index in [0.29, 0.717) is 19.6 Å². The number of carbonyl (C=O) groups is 2. The Hall–Kier alpha value is -1.23. The SMILES string of the molecule is CC(C)S(=O)(=O)N1C[C@H](C(=O)N2CCN(C)CC2)[C@@]2(C1)OCCNC2=O. The van der Waals surface area contributed by atoms with E-state index in [0.717, 1.165) is 13.1 Å². The first kappa shape index (κ1) is 19.5. The van der Waals surface area contributed by atoms with Crippen LogP contribution in [0.3, 0.4) is 0 Å². The Morgan fingerprint density at radius 1 is 1.27 bits per heavy atom. The highest BCUT2D eigenvalue weighted by Crippen LogP contribution is 2.37. The minimum absolute atomic E-state index is 0.0148. The normalized spacial score (nSPS) is 31.6. The zero-order valence-corrected chi connectivity index (χ0v) is 16.4. The number of likely N-dealkylation sites (N-methyl/N-ethyl adjacent to an activating group) is 1. The zero-order chi connectivity index (χ0) is 19.1. The second-order valence-corrected chi connectivity index (χ2v) is 10.1. The number of nitrogens with one attached hydrogen (secondary N) is 1. The third-order valence-electron chi connectivity index (χ3n) is 5.56. The molecule has 9 nitrogen and oxygen atoms in total. The topological polar surface area (TPSA) is 99.3 Å². The smallest absolute Gasteiger partial charge is 0.254 e. The average molecular weight is 388 g/mol. The summed E-state index contributed by atoms with van der Waals surface area (Å²) < 4.78 is 32.4. The second kappa shape index (κ2) is 7.06. The molecule has 0 aromatic rings. The summed E-state index contributed by atoms with van der Waals surface area (Å²) in [6.45, 7) is 6.36. The molecule has 0 aromatic carbocycles. The van der Waals surface area contributed by atoms with Crippen LogP contribution in [0.5, 0.6) is 0 Å². The van der Waals surface area contributed by atoms with E-state index in [4.69, 9.17) is 4.74 Å². The lowest BCUT2D eigenvalue weighted by molar-refractivity contribution is -0.167. The van der Waals surface area contributed by atoms with Crippen molar-refractivity contribution in [2.75, 3.05) is 59.5 Å². The maximum Gasteiger partial charge on any atom is 0.254 e. The lowest BCUT2D eigenvalue weighted by atomic mass is 9.87. The number of sulfonamides is 1. The molecule has 0 aromatic heterocycles. The highest BCUT2D eigenvalue weighted by atomic mass is 32.2. The quantitative estimate of drug-likeness (QED) is 0.620. The number of morpholine rings is 1. The number of carbonyl (C=O) groups excluding carboxylic acids is 2. The molecule has 2 amide bonds. The molecule has 3 rings (SSSR count). The van der Waals surface area contributed by atoms with E-state index >= 15 is 0 Å². The van der Waals surface area contributed by atoms with E-state index < -0.39 is 32.7 Å². The lowest BCUT2D eigenvalue weighted by Crippen LogP contribution is -2.63. The molecule has 2 atom stereocenters. The first-order valence-electron chi connectivity index (χ1n) is 9.07. The van der Waals surface area contributed by atoms with E-state index in [-0.39, 0.29) is 25.6 Å². The molecule has 148 valence electrons. The Morgan fingerprint density at radius 3 is 2.50 bits per heavy atom. The number of nitrogens with zero attached hydrogens (tertiary/aromatic N) is 3. The zero-order valence-electron chi connectivity index (χ0n) is 15.6. The molecule has 3 aliphatic heterocycles. The third kappa shape index (κ3) is 3.23. The van der Waals surface area contributed by atoms with Crippen LogP contribution in [0.2, 0.25) is 0 Å². The van der Waals surface area contributed by atoms with Crippen LogP contribution in [0.1, 0.15) is 13.8 Å². The predicted molar refractivity (Wildman–Crippen MR) is 94.9 cm³/mol. The van der Waals surface area contributed by atoms with Crippen molar-refractivity contribution in [2.45, 2.75) is 24.7 Å². The number of hydrogen-bond acceptors (Lipinski definition) is 6. The molecule has 3 saturated heterocycles. The molecule has 26 heavy (non-hydrogen) atoms.